The monoisotopic (exact) mass is 546 g/mol. The average Bonchev–Trinajstić information content (AvgIpc) is 2.78. The first-order valence-corrected chi connectivity index (χ1v) is 10.9. The van der Waals surface area contributed by atoms with Crippen LogP contribution < -0.4 is 19.6 Å². The average molecular weight is 548 g/mol. The van der Waals surface area contributed by atoms with Crippen LogP contribution >= 0.6 is 31.9 Å². The molecule has 1 amide bonds. The van der Waals surface area contributed by atoms with Crippen molar-refractivity contribution in [1.82, 2.24) is 5.43 Å². The number of carbonyl (C=O) groups excluding carboxylic acids is 1. The summed E-state index contributed by atoms with van der Waals surface area (Å²) >= 11 is 6.88. The summed E-state index contributed by atoms with van der Waals surface area (Å²) in [5, 5.41) is 3.98. The van der Waals surface area contributed by atoms with E-state index in [4.69, 9.17) is 14.2 Å². The number of hydrogen-bond acceptors (Lipinski definition) is 5. The van der Waals surface area contributed by atoms with Crippen molar-refractivity contribution in [2.24, 2.45) is 5.10 Å². The van der Waals surface area contributed by atoms with Crippen molar-refractivity contribution >= 4 is 44.0 Å². The number of nitrogens with zero attached hydrogens (tertiary/aromatic N) is 1. The second-order valence-electron chi connectivity index (χ2n) is 6.32. The number of halogens is 2. The van der Waals surface area contributed by atoms with Crippen LogP contribution in [0.15, 0.2) is 80.8 Å². The van der Waals surface area contributed by atoms with Crippen LogP contribution in [0.1, 0.15) is 11.1 Å². The number of methoxy groups -OCH3 is 1. The number of ether oxygens (including phenoxy) is 3. The minimum Gasteiger partial charge on any atom is -0.493 e. The minimum atomic E-state index is -0.374. The quantitative estimate of drug-likeness (QED) is 0.290. The van der Waals surface area contributed by atoms with Gasteiger partial charge in [-0.25, -0.2) is 5.43 Å². The number of rotatable bonds is 9. The molecule has 0 saturated carbocycles. The molecule has 6 nitrogen and oxygen atoms in total. The highest BCUT2D eigenvalue weighted by atomic mass is 79.9. The molecule has 160 valence electrons. The van der Waals surface area contributed by atoms with E-state index in [1.54, 1.807) is 19.2 Å². The maximum absolute atomic E-state index is 12.0. The van der Waals surface area contributed by atoms with Gasteiger partial charge in [-0.1, -0.05) is 42.5 Å². The number of amides is 1. The molecule has 0 aliphatic carbocycles. The molecular weight excluding hydrogens is 528 g/mol. The van der Waals surface area contributed by atoms with E-state index in [2.05, 4.69) is 42.4 Å². The van der Waals surface area contributed by atoms with Gasteiger partial charge in [0.2, 0.25) is 0 Å². The van der Waals surface area contributed by atoms with Crippen LogP contribution in [0.2, 0.25) is 0 Å². The highest BCUT2D eigenvalue weighted by Gasteiger charge is 2.12. The molecule has 0 aromatic heterocycles. The number of nitrogens with one attached hydrogen (secondary N) is 1. The second kappa shape index (κ2) is 11.5. The van der Waals surface area contributed by atoms with Gasteiger partial charge in [0, 0.05) is 0 Å². The van der Waals surface area contributed by atoms with E-state index in [0.717, 1.165) is 15.6 Å². The van der Waals surface area contributed by atoms with Crippen molar-refractivity contribution < 1.29 is 19.0 Å². The molecule has 0 aliphatic rings. The fourth-order valence-electron chi connectivity index (χ4n) is 2.60. The van der Waals surface area contributed by atoms with Gasteiger partial charge in [0.1, 0.15) is 12.4 Å². The van der Waals surface area contributed by atoms with Gasteiger partial charge in [-0.2, -0.15) is 5.10 Å². The van der Waals surface area contributed by atoms with Gasteiger partial charge < -0.3 is 14.2 Å². The topological polar surface area (TPSA) is 69.2 Å². The molecule has 0 fully saturated rings. The Morgan fingerprint density at radius 2 is 1.71 bits per heavy atom. The number of benzene rings is 3. The molecule has 3 aromatic carbocycles. The SMILES string of the molecule is COc1cc(/C=N/NC(=O)COc2ccccc2Br)cc(Br)c1OCc1ccccc1. The van der Waals surface area contributed by atoms with Crippen molar-refractivity contribution in [1.29, 1.82) is 0 Å². The lowest BCUT2D eigenvalue weighted by atomic mass is 10.2. The number of carbonyl (C=O) groups is 1. The van der Waals surface area contributed by atoms with Gasteiger partial charge in [0.05, 0.1) is 22.3 Å². The molecule has 0 heterocycles. The fraction of sp³-hybridized carbons (Fsp3) is 0.130. The van der Waals surface area contributed by atoms with E-state index >= 15 is 0 Å². The lowest BCUT2D eigenvalue weighted by Crippen LogP contribution is -2.24. The normalized spacial score (nSPS) is 10.7. The Labute approximate surface area is 197 Å². The minimum absolute atomic E-state index is 0.154. The molecule has 0 radical (unpaired) electrons. The van der Waals surface area contributed by atoms with Crippen molar-refractivity contribution in [2.45, 2.75) is 6.61 Å². The second-order valence-corrected chi connectivity index (χ2v) is 8.03. The number of para-hydroxylation sites is 1. The summed E-state index contributed by atoms with van der Waals surface area (Å²) in [5.74, 6) is 1.35. The Hall–Kier alpha value is -2.84. The summed E-state index contributed by atoms with van der Waals surface area (Å²) in [5.41, 5.74) is 4.22. The van der Waals surface area contributed by atoms with E-state index < -0.39 is 0 Å². The molecule has 0 saturated heterocycles. The van der Waals surface area contributed by atoms with Crippen molar-refractivity contribution in [3.63, 3.8) is 0 Å². The molecule has 8 heteroatoms. The summed E-state index contributed by atoms with van der Waals surface area (Å²) in [6, 6.07) is 20.8. The maximum Gasteiger partial charge on any atom is 0.277 e. The Balaban J connectivity index is 1.58. The first-order valence-electron chi connectivity index (χ1n) is 9.30. The molecule has 1 N–H and O–H groups in total. The predicted octanol–water partition coefficient (Wildman–Crippen LogP) is 5.33. The Bertz CT molecular complexity index is 1060. The summed E-state index contributed by atoms with van der Waals surface area (Å²) in [6.45, 7) is 0.260. The largest absolute Gasteiger partial charge is 0.493 e. The van der Waals surface area contributed by atoms with Crippen LogP contribution in [-0.4, -0.2) is 25.8 Å². The van der Waals surface area contributed by atoms with Gasteiger partial charge in [-0.15, -0.1) is 0 Å². The molecule has 0 aliphatic heterocycles. The predicted molar refractivity (Wildman–Crippen MR) is 127 cm³/mol. The van der Waals surface area contributed by atoms with E-state index in [-0.39, 0.29) is 12.5 Å². The summed E-state index contributed by atoms with van der Waals surface area (Å²) in [6.07, 6.45) is 1.52. The summed E-state index contributed by atoms with van der Waals surface area (Å²) < 4.78 is 18.3. The van der Waals surface area contributed by atoms with Crippen molar-refractivity contribution in [3.8, 4) is 17.2 Å². The smallest absolute Gasteiger partial charge is 0.277 e. The Morgan fingerprint density at radius 3 is 2.45 bits per heavy atom. The zero-order valence-electron chi connectivity index (χ0n) is 16.7. The molecule has 0 bridgehead atoms. The first kappa shape index (κ1) is 22.8. The number of hydrazone groups is 1. The summed E-state index contributed by atoms with van der Waals surface area (Å²) in [4.78, 5) is 12.0. The molecule has 0 unspecified atom stereocenters. The highest BCUT2D eigenvalue weighted by Crippen LogP contribution is 2.36. The van der Waals surface area contributed by atoms with Gasteiger partial charge in [0.15, 0.2) is 18.1 Å². The fourth-order valence-corrected chi connectivity index (χ4v) is 3.57. The molecule has 3 rings (SSSR count). The maximum atomic E-state index is 12.0. The lowest BCUT2D eigenvalue weighted by Gasteiger charge is -2.13. The van der Waals surface area contributed by atoms with E-state index in [9.17, 15) is 4.79 Å². The summed E-state index contributed by atoms with van der Waals surface area (Å²) in [7, 11) is 1.57. The van der Waals surface area contributed by atoms with Crippen molar-refractivity contribution in [2.75, 3.05) is 13.7 Å². The zero-order chi connectivity index (χ0) is 22.1. The lowest BCUT2D eigenvalue weighted by molar-refractivity contribution is -0.123. The third-order valence-corrected chi connectivity index (χ3v) is 5.32. The van der Waals surface area contributed by atoms with E-state index in [1.165, 1.54) is 6.21 Å². The first-order chi connectivity index (χ1) is 15.1. The van der Waals surface area contributed by atoms with E-state index in [1.807, 2.05) is 54.6 Å². The van der Waals surface area contributed by atoms with Crippen LogP contribution in [0.4, 0.5) is 0 Å². The van der Waals surface area contributed by atoms with Gasteiger partial charge in [0.25, 0.3) is 5.91 Å². The third kappa shape index (κ3) is 6.83. The van der Waals surface area contributed by atoms with Gasteiger partial charge in [-0.3, -0.25) is 4.79 Å². The van der Waals surface area contributed by atoms with Crippen LogP contribution in [0.5, 0.6) is 17.2 Å². The Morgan fingerprint density at radius 1 is 0.968 bits per heavy atom. The van der Waals surface area contributed by atoms with Crippen LogP contribution in [-0.2, 0) is 11.4 Å². The standard InChI is InChI=1S/C23H20Br2N2O4/c1-29-21-12-17(11-19(25)23(21)31-14-16-7-3-2-4-8-16)13-26-27-22(28)15-30-20-10-6-5-9-18(20)24/h2-13H,14-15H2,1H3,(H,27,28)/b26-13+. The Kier molecular flexibility index (Phi) is 8.49. The van der Waals surface area contributed by atoms with E-state index in [0.29, 0.717) is 28.3 Å². The molecular formula is C23H20Br2N2O4. The van der Waals surface area contributed by atoms with Crippen molar-refractivity contribution in [3.05, 3.63) is 86.8 Å². The molecule has 31 heavy (non-hydrogen) atoms. The van der Waals surface area contributed by atoms with Gasteiger partial charge in [-0.05, 0) is 67.3 Å². The zero-order valence-corrected chi connectivity index (χ0v) is 19.9. The molecule has 0 atom stereocenters. The third-order valence-electron chi connectivity index (χ3n) is 4.08. The number of hydrogen-bond donors (Lipinski definition) is 1. The van der Waals surface area contributed by atoms with Crippen LogP contribution in [0.25, 0.3) is 0 Å². The van der Waals surface area contributed by atoms with Crippen LogP contribution in [0.3, 0.4) is 0 Å². The highest BCUT2D eigenvalue weighted by molar-refractivity contribution is 9.10. The van der Waals surface area contributed by atoms with Crippen LogP contribution in [0, 0.1) is 0 Å². The van der Waals surface area contributed by atoms with Gasteiger partial charge >= 0.3 is 0 Å². The molecule has 3 aromatic rings. The molecule has 0 spiro atoms.